The van der Waals surface area contributed by atoms with E-state index in [1.807, 2.05) is 6.08 Å². The van der Waals surface area contributed by atoms with Crippen molar-refractivity contribution in [2.45, 2.75) is 13.3 Å². The number of hydrogen-bond acceptors (Lipinski definition) is 0. The molecule has 2 rings (SSSR count). The minimum atomic E-state index is 0.948. The molecule has 0 N–H and O–H groups in total. The number of benzene rings is 1. The Morgan fingerprint density at radius 3 is 2.78 bits per heavy atom. The second kappa shape index (κ2) is 6.02. The van der Waals surface area contributed by atoms with Crippen molar-refractivity contribution in [3.63, 3.8) is 0 Å². The molecule has 0 fully saturated rings. The van der Waals surface area contributed by atoms with E-state index >= 15 is 0 Å². The molecular weight excluding hydrogens is 216 g/mol. The summed E-state index contributed by atoms with van der Waals surface area (Å²) in [7, 11) is 0. The molecule has 0 bridgehead atoms. The topological polar surface area (TPSA) is 0 Å². The first-order chi connectivity index (χ1) is 8.81. The zero-order valence-corrected chi connectivity index (χ0v) is 10.8. The molecule has 0 saturated heterocycles. The Hall–Kier alpha value is -2.08. The van der Waals surface area contributed by atoms with Crippen molar-refractivity contribution in [3.8, 4) is 0 Å². The summed E-state index contributed by atoms with van der Waals surface area (Å²) >= 11 is 0. The molecule has 0 heteroatoms. The first kappa shape index (κ1) is 12.4. The smallest absolute Gasteiger partial charge is 0.0155 e. The van der Waals surface area contributed by atoms with Crippen LogP contribution in [-0.2, 0) is 0 Å². The van der Waals surface area contributed by atoms with Gasteiger partial charge in [0.25, 0.3) is 0 Å². The second-order valence-electron chi connectivity index (χ2n) is 4.35. The van der Waals surface area contributed by atoms with Crippen LogP contribution in [0.25, 0.3) is 5.57 Å². The molecular formula is C18H18. The lowest BCUT2D eigenvalue weighted by atomic mass is 9.98. The van der Waals surface area contributed by atoms with Crippen LogP contribution in [0.5, 0.6) is 0 Å². The van der Waals surface area contributed by atoms with Crippen molar-refractivity contribution in [1.82, 2.24) is 0 Å². The highest BCUT2D eigenvalue weighted by atomic mass is 14.1. The van der Waals surface area contributed by atoms with E-state index in [0.29, 0.717) is 0 Å². The summed E-state index contributed by atoms with van der Waals surface area (Å²) in [6, 6.07) is 8.46. The maximum atomic E-state index is 3.88. The van der Waals surface area contributed by atoms with E-state index in [2.05, 4.69) is 74.2 Å². The van der Waals surface area contributed by atoms with Crippen molar-refractivity contribution in [1.29, 1.82) is 0 Å². The average molecular weight is 234 g/mol. The molecule has 1 aromatic carbocycles. The Bertz CT molecular complexity index is 551. The van der Waals surface area contributed by atoms with Gasteiger partial charge in [0, 0.05) is 0 Å². The zero-order valence-electron chi connectivity index (χ0n) is 10.8. The Labute approximate surface area is 109 Å². The molecule has 0 aromatic heterocycles. The summed E-state index contributed by atoms with van der Waals surface area (Å²) in [5, 5.41) is 0. The van der Waals surface area contributed by atoms with Crippen molar-refractivity contribution in [2.24, 2.45) is 0 Å². The second-order valence-corrected chi connectivity index (χ2v) is 4.35. The Morgan fingerprint density at radius 1 is 1.17 bits per heavy atom. The highest BCUT2D eigenvalue weighted by Gasteiger charge is 2.02. The maximum Gasteiger partial charge on any atom is -0.0155 e. The molecule has 0 unspecified atom stereocenters. The fourth-order valence-electron chi connectivity index (χ4n) is 2.01. The lowest BCUT2D eigenvalue weighted by molar-refractivity contribution is 1.37. The first-order valence-electron chi connectivity index (χ1n) is 6.25. The normalized spacial score (nSPS) is 24.5. The van der Waals surface area contributed by atoms with Gasteiger partial charge in [0.15, 0.2) is 0 Å². The molecule has 0 nitrogen and oxygen atoms in total. The predicted molar refractivity (Wildman–Crippen MR) is 80.3 cm³/mol. The molecule has 18 heavy (non-hydrogen) atoms. The number of hydrogen-bond donors (Lipinski definition) is 0. The molecule has 0 amide bonds. The van der Waals surface area contributed by atoms with Crippen LogP contribution in [0.2, 0.25) is 0 Å². The van der Waals surface area contributed by atoms with Gasteiger partial charge >= 0.3 is 0 Å². The molecule has 0 saturated carbocycles. The van der Waals surface area contributed by atoms with Crippen LogP contribution in [0.4, 0.5) is 0 Å². The molecule has 0 spiro atoms. The van der Waals surface area contributed by atoms with Crippen molar-refractivity contribution >= 4 is 5.57 Å². The highest BCUT2D eigenvalue weighted by molar-refractivity contribution is 5.78. The third kappa shape index (κ3) is 2.98. The SMILES string of the molecule is C=CC1=C/C\C=C/C=C/C(c2ccccc2C)=C\1. The predicted octanol–water partition coefficient (Wildman–Crippen LogP) is 5.01. The Morgan fingerprint density at radius 2 is 2.00 bits per heavy atom. The number of allylic oxidation sites excluding steroid dienone is 9. The minimum absolute atomic E-state index is 0.948. The van der Waals surface area contributed by atoms with Gasteiger partial charge in [0.2, 0.25) is 0 Å². The van der Waals surface area contributed by atoms with Crippen molar-refractivity contribution in [3.05, 3.63) is 90.1 Å². The zero-order chi connectivity index (χ0) is 12.8. The highest BCUT2D eigenvalue weighted by Crippen LogP contribution is 2.23. The summed E-state index contributed by atoms with van der Waals surface area (Å²) in [5.41, 5.74) is 4.96. The monoisotopic (exact) mass is 234 g/mol. The van der Waals surface area contributed by atoms with E-state index in [0.717, 1.165) is 6.42 Å². The maximum absolute atomic E-state index is 3.88. The van der Waals surface area contributed by atoms with Crippen LogP contribution < -0.4 is 0 Å². The molecule has 1 aliphatic carbocycles. The third-order valence-electron chi connectivity index (χ3n) is 3.03. The van der Waals surface area contributed by atoms with E-state index in [1.54, 1.807) is 0 Å². The van der Waals surface area contributed by atoms with Gasteiger partial charge < -0.3 is 0 Å². The molecule has 0 heterocycles. The number of rotatable bonds is 2. The third-order valence-corrected chi connectivity index (χ3v) is 3.03. The molecule has 0 atom stereocenters. The lowest BCUT2D eigenvalue weighted by Crippen LogP contribution is -1.87. The number of aryl methyl sites for hydroxylation is 1. The fourth-order valence-corrected chi connectivity index (χ4v) is 2.01. The summed E-state index contributed by atoms with van der Waals surface area (Å²) in [5.74, 6) is 0. The first-order valence-corrected chi connectivity index (χ1v) is 6.25. The van der Waals surface area contributed by atoms with Gasteiger partial charge in [-0.05, 0) is 41.7 Å². The fraction of sp³-hybridized carbons (Fsp3) is 0.111. The van der Waals surface area contributed by atoms with Gasteiger partial charge in [-0.1, -0.05) is 67.3 Å². The summed E-state index contributed by atoms with van der Waals surface area (Å²) < 4.78 is 0. The van der Waals surface area contributed by atoms with Crippen molar-refractivity contribution in [2.75, 3.05) is 0 Å². The van der Waals surface area contributed by atoms with Crippen LogP contribution in [0.15, 0.2) is 78.9 Å². The summed E-state index contributed by atoms with van der Waals surface area (Å²) in [6.45, 7) is 6.02. The van der Waals surface area contributed by atoms with Crippen LogP contribution in [0, 0.1) is 6.92 Å². The molecule has 90 valence electrons. The van der Waals surface area contributed by atoms with Crippen LogP contribution >= 0.6 is 0 Å². The Kier molecular flexibility index (Phi) is 4.14. The van der Waals surface area contributed by atoms with Crippen LogP contribution in [-0.4, -0.2) is 0 Å². The van der Waals surface area contributed by atoms with Crippen LogP contribution in [0.3, 0.4) is 0 Å². The standard InChI is InChI=1S/C18H18/c1-3-16-11-6-4-5-7-12-17(14-16)18-13-9-8-10-15(18)2/h3-5,7-14H,1,6H2,2H3/b5-4-,12-7+,16-11-,17-14+. The molecule has 1 aliphatic rings. The molecule has 0 aliphatic heterocycles. The molecule has 1 aromatic rings. The van der Waals surface area contributed by atoms with E-state index in [4.69, 9.17) is 0 Å². The van der Waals surface area contributed by atoms with Crippen LogP contribution in [0.1, 0.15) is 17.5 Å². The van der Waals surface area contributed by atoms with E-state index in [1.165, 1.54) is 22.3 Å². The Balaban J connectivity index is 2.51. The van der Waals surface area contributed by atoms with Gasteiger partial charge in [0.1, 0.15) is 0 Å². The summed E-state index contributed by atoms with van der Waals surface area (Å²) in [4.78, 5) is 0. The summed E-state index contributed by atoms with van der Waals surface area (Å²) in [6.07, 6.45) is 15.7. The molecule has 0 radical (unpaired) electrons. The average Bonchev–Trinajstić information content (AvgIpc) is 2.51. The van der Waals surface area contributed by atoms with E-state index < -0.39 is 0 Å². The lowest BCUT2D eigenvalue weighted by Gasteiger charge is -2.07. The quantitative estimate of drug-likeness (QED) is 0.675. The van der Waals surface area contributed by atoms with Gasteiger partial charge in [-0.3, -0.25) is 0 Å². The van der Waals surface area contributed by atoms with Gasteiger partial charge in [-0.2, -0.15) is 0 Å². The van der Waals surface area contributed by atoms with Crippen molar-refractivity contribution < 1.29 is 0 Å². The minimum Gasteiger partial charge on any atom is -0.0985 e. The van der Waals surface area contributed by atoms with E-state index in [9.17, 15) is 0 Å². The van der Waals surface area contributed by atoms with Gasteiger partial charge in [-0.15, -0.1) is 0 Å². The van der Waals surface area contributed by atoms with Gasteiger partial charge in [0.05, 0.1) is 0 Å². The van der Waals surface area contributed by atoms with Gasteiger partial charge in [-0.25, -0.2) is 0 Å². The largest absolute Gasteiger partial charge is 0.0985 e. The van der Waals surface area contributed by atoms with E-state index in [-0.39, 0.29) is 0 Å².